The third-order valence-electron chi connectivity index (χ3n) is 7.30. The summed E-state index contributed by atoms with van der Waals surface area (Å²) in [7, 11) is 0. The summed E-state index contributed by atoms with van der Waals surface area (Å²) in [6, 6.07) is 6.92. The summed E-state index contributed by atoms with van der Waals surface area (Å²) in [6.07, 6.45) is 9.13. The van der Waals surface area contributed by atoms with Crippen LogP contribution in [0.2, 0.25) is 0 Å². The molecule has 0 aliphatic heterocycles. The lowest BCUT2D eigenvalue weighted by atomic mass is 9.54. The lowest BCUT2D eigenvalue weighted by Crippen LogP contribution is -2.55. The fourth-order valence-electron chi connectivity index (χ4n) is 6.15. The van der Waals surface area contributed by atoms with Gasteiger partial charge in [0.1, 0.15) is 5.03 Å². The van der Waals surface area contributed by atoms with Crippen LogP contribution in [0.3, 0.4) is 0 Å². The van der Waals surface area contributed by atoms with Crippen molar-refractivity contribution in [2.75, 3.05) is 5.75 Å². The molecule has 7 heteroatoms. The van der Waals surface area contributed by atoms with E-state index in [9.17, 15) is 9.59 Å². The Morgan fingerprint density at radius 2 is 1.74 bits per heavy atom. The predicted molar refractivity (Wildman–Crippen MR) is 120 cm³/mol. The molecule has 0 saturated heterocycles. The van der Waals surface area contributed by atoms with Crippen LogP contribution in [0.15, 0.2) is 35.5 Å². The van der Waals surface area contributed by atoms with E-state index in [4.69, 9.17) is 5.11 Å². The van der Waals surface area contributed by atoms with Crippen LogP contribution in [0.4, 0.5) is 0 Å². The number of rotatable bonds is 7. The Kier molecular flexibility index (Phi) is 5.54. The van der Waals surface area contributed by atoms with Gasteiger partial charge in [-0.05, 0) is 92.2 Å². The first-order valence-electron chi connectivity index (χ1n) is 11.4. The number of aromatic nitrogens is 2. The highest BCUT2D eigenvalue weighted by Crippen LogP contribution is 2.53. The Labute approximate surface area is 186 Å². The van der Waals surface area contributed by atoms with Crippen LogP contribution in [-0.2, 0) is 0 Å². The van der Waals surface area contributed by atoms with E-state index in [1.165, 1.54) is 32.1 Å². The van der Waals surface area contributed by atoms with E-state index in [1.54, 1.807) is 46.9 Å². The minimum atomic E-state index is -0.955. The molecule has 0 spiro atoms. The molecular weight excluding hydrogens is 410 g/mol. The number of hydrogen-bond acceptors (Lipinski definition) is 4. The second-order valence-corrected chi connectivity index (χ2v) is 10.5. The van der Waals surface area contributed by atoms with Crippen molar-refractivity contribution in [3.63, 3.8) is 0 Å². The molecule has 4 aliphatic rings. The maximum absolute atomic E-state index is 13.4. The van der Waals surface area contributed by atoms with Crippen LogP contribution in [-0.4, -0.2) is 38.6 Å². The van der Waals surface area contributed by atoms with Crippen LogP contribution >= 0.6 is 11.8 Å². The molecule has 2 N–H and O–H groups in total. The summed E-state index contributed by atoms with van der Waals surface area (Å²) in [5.74, 6) is 2.92. The largest absolute Gasteiger partial charge is 0.478 e. The van der Waals surface area contributed by atoms with Crippen molar-refractivity contribution in [3.8, 4) is 5.69 Å². The number of carbonyl (C=O) groups excluding carboxylic acids is 1. The number of thioether (sulfide) groups is 1. The van der Waals surface area contributed by atoms with Gasteiger partial charge in [0, 0.05) is 6.04 Å². The Balaban J connectivity index is 1.39. The van der Waals surface area contributed by atoms with Gasteiger partial charge in [0.15, 0.2) is 0 Å². The normalized spacial score (nSPS) is 28.6. The molecule has 164 valence electrons. The van der Waals surface area contributed by atoms with E-state index in [0.29, 0.717) is 23.4 Å². The molecule has 0 atom stereocenters. The fourth-order valence-corrected chi connectivity index (χ4v) is 7.12. The monoisotopic (exact) mass is 439 g/mol. The van der Waals surface area contributed by atoms with Crippen molar-refractivity contribution in [1.29, 1.82) is 0 Å². The molecule has 0 unspecified atom stereocenters. The molecule has 31 heavy (non-hydrogen) atoms. The Morgan fingerprint density at radius 3 is 2.32 bits per heavy atom. The summed E-state index contributed by atoms with van der Waals surface area (Å²) in [5.41, 5.74) is 1.62. The Hall–Kier alpha value is -2.28. The molecule has 4 saturated carbocycles. The van der Waals surface area contributed by atoms with Gasteiger partial charge in [-0.25, -0.2) is 9.48 Å². The van der Waals surface area contributed by atoms with Crippen LogP contribution in [0.25, 0.3) is 5.69 Å². The molecule has 1 aromatic heterocycles. The van der Waals surface area contributed by atoms with Crippen molar-refractivity contribution in [2.24, 2.45) is 23.7 Å². The minimum absolute atomic E-state index is 0.0236. The lowest BCUT2D eigenvalue weighted by Gasteiger charge is -2.54. The average Bonchev–Trinajstić information content (AvgIpc) is 3.18. The topological polar surface area (TPSA) is 84.2 Å². The van der Waals surface area contributed by atoms with Gasteiger partial charge in [0.25, 0.3) is 5.91 Å². The summed E-state index contributed by atoms with van der Waals surface area (Å²) in [4.78, 5) is 24.5. The number of aromatic carboxylic acids is 1. The first kappa shape index (κ1) is 20.6. The first-order chi connectivity index (χ1) is 15.0. The SMILES string of the molecule is CCCSc1c(C(=O)NC2[C@H]3C[C@@H]4C[C@@H](C[C@H]2C4)C3)cnn1-c1ccc(C(=O)O)cc1. The minimum Gasteiger partial charge on any atom is -0.478 e. The van der Waals surface area contributed by atoms with E-state index >= 15 is 0 Å². The van der Waals surface area contributed by atoms with Gasteiger partial charge in [-0.15, -0.1) is 11.8 Å². The second kappa shape index (κ2) is 8.34. The zero-order chi connectivity index (χ0) is 21.5. The molecule has 6 rings (SSSR count). The zero-order valence-corrected chi connectivity index (χ0v) is 18.6. The number of benzene rings is 1. The molecule has 6 nitrogen and oxygen atoms in total. The van der Waals surface area contributed by atoms with E-state index in [0.717, 1.165) is 34.7 Å². The molecule has 0 radical (unpaired) electrons. The van der Waals surface area contributed by atoms with Crippen LogP contribution in [0.1, 0.15) is 66.2 Å². The molecule has 1 heterocycles. The van der Waals surface area contributed by atoms with Gasteiger partial charge >= 0.3 is 5.97 Å². The highest BCUT2D eigenvalue weighted by molar-refractivity contribution is 7.99. The highest BCUT2D eigenvalue weighted by Gasteiger charge is 2.48. The van der Waals surface area contributed by atoms with Crippen LogP contribution in [0.5, 0.6) is 0 Å². The number of carboxylic acid groups (broad SMARTS) is 1. The van der Waals surface area contributed by atoms with Gasteiger partial charge in [-0.1, -0.05) is 6.92 Å². The lowest BCUT2D eigenvalue weighted by molar-refractivity contribution is -0.0120. The van der Waals surface area contributed by atoms with Gasteiger partial charge in [0.2, 0.25) is 0 Å². The number of hydrogen-bond donors (Lipinski definition) is 2. The molecule has 1 amide bonds. The smallest absolute Gasteiger partial charge is 0.335 e. The molecule has 4 aliphatic carbocycles. The molecule has 2 aromatic rings. The maximum atomic E-state index is 13.4. The van der Waals surface area contributed by atoms with E-state index < -0.39 is 5.97 Å². The zero-order valence-electron chi connectivity index (χ0n) is 17.8. The number of nitrogens with one attached hydrogen (secondary N) is 1. The van der Waals surface area contributed by atoms with Crippen molar-refractivity contribution >= 4 is 23.6 Å². The Bertz CT molecular complexity index is 956. The van der Waals surface area contributed by atoms with Crippen molar-refractivity contribution < 1.29 is 14.7 Å². The van der Waals surface area contributed by atoms with Crippen molar-refractivity contribution in [2.45, 2.75) is 56.5 Å². The summed E-state index contributed by atoms with van der Waals surface area (Å²) < 4.78 is 1.76. The maximum Gasteiger partial charge on any atom is 0.335 e. The Morgan fingerprint density at radius 1 is 1.10 bits per heavy atom. The number of amides is 1. The standard InChI is InChI=1S/C24H29N3O3S/c1-2-7-31-23-20(13-25-27(23)19-5-3-16(4-6-19)24(29)30)22(28)26-21-17-9-14-8-15(11-17)12-18(21)10-14/h3-6,13-15,17-18,21H,2,7-12H2,1H3,(H,26,28)(H,29,30)/t14-,15+,17-,18+,21?. The van der Waals surface area contributed by atoms with Gasteiger partial charge < -0.3 is 10.4 Å². The second-order valence-electron chi connectivity index (χ2n) is 9.41. The van der Waals surface area contributed by atoms with Gasteiger partial charge in [-0.2, -0.15) is 5.10 Å². The molecule has 4 bridgehead atoms. The predicted octanol–water partition coefficient (Wildman–Crippen LogP) is 4.63. The number of nitrogens with zero attached hydrogens (tertiary/aromatic N) is 2. The van der Waals surface area contributed by atoms with Gasteiger partial charge in [0.05, 0.1) is 23.0 Å². The summed E-state index contributed by atoms with van der Waals surface area (Å²) in [5, 5.41) is 17.9. The van der Waals surface area contributed by atoms with E-state index in [2.05, 4.69) is 17.3 Å². The van der Waals surface area contributed by atoms with Gasteiger partial charge in [-0.3, -0.25) is 4.79 Å². The van der Waals surface area contributed by atoms with E-state index in [-0.39, 0.29) is 11.5 Å². The van der Waals surface area contributed by atoms with E-state index in [1.807, 2.05) is 0 Å². The average molecular weight is 440 g/mol. The molecular formula is C24H29N3O3S. The fraction of sp³-hybridized carbons (Fsp3) is 0.542. The third kappa shape index (κ3) is 3.88. The van der Waals surface area contributed by atoms with Crippen molar-refractivity contribution in [3.05, 3.63) is 41.6 Å². The summed E-state index contributed by atoms with van der Waals surface area (Å²) in [6.45, 7) is 2.11. The summed E-state index contributed by atoms with van der Waals surface area (Å²) >= 11 is 1.63. The quantitative estimate of drug-likeness (QED) is 0.615. The number of carbonyl (C=O) groups is 2. The molecule has 4 fully saturated rings. The third-order valence-corrected chi connectivity index (χ3v) is 8.57. The number of carboxylic acids is 1. The van der Waals surface area contributed by atoms with Crippen LogP contribution in [0, 0.1) is 23.7 Å². The highest BCUT2D eigenvalue weighted by atomic mass is 32.2. The molecule has 1 aromatic carbocycles. The van der Waals surface area contributed by atoms with Crippen LogP contribution < -0.4 is 5.32 Å². The van der Waals surface area contributed by atoms with Crippen molar-refractivity contribution in [1.82, 2.24) is 15.1 Å². The first-order valence-corrected chi connectivity index (χ1v) is 12.4.